The van der Waals surface area contributed by atoms with Crippen molar-refractivity contribution in [3.8, 4) is 5.75 Å². The molecule has 1 aliphatic heterocycles. The van der Waals surface area contributed by atoms with Gasteiger partial charge in [0.1, 0.15) is 16.5 Å². The minimum atomic E-state index is -3.72. The van der Waals surface area contributed by atoms with E-state index in [1.54, 1.807) is 56.4 Å². The summed E-state index contributed by atoms with van der Waals surface area (Å²) in [6.45, 7) is 3.13. The van der Waals surface area contributed by atoms with E-state index >= 15 is 0 Å². The molecule has 0 unspecified atom stereocenters. The van der Waals surface area contributed by atoms with E-state index in [4.69, 9.17) is 4.74 Å². The molecular weight excluding hydrogens is 404 g/mol. The predicted molar refractivity (Wildman–Crippen MR) is 117 cm³/mol. The van der Waals surface area contributed by atoms with Crippen LogP contribution < -0.4 is 15.0 Å². The maximum Gasteiger partial charge on any atom is 0.259 e. The number of piperidine rings is 1. The number of ether oxygens (including phenoxy) is 1. The molecule has 0 bridgehead atoms. The maximum absolute atomic E-state index is 13.3. The van der Waals surface area contributed by atoms with Crippen LogP contribution in [0.25, 0.3) is 0 Å². The summed E-state index contributed by atoms with van der Waals surface area (Å²) in [4.78, 5) is 18.9. The van der Waals surface area contributed by atoms with Gasteiger partial charge in [-0.1, -0.05) is 6.42 Å². The van der Waals surface area contributed by atoms with Crippen molar-refractivity contribution in [2.75, 3.05) is 44.0 Å². The van der Waals surface area contributed by atoms with Gasteiger partial charge in [0.15, 0.2) is 0 Å². The molecular formula is C21H28N4O4S. The van der Waals surface area contributed by atoms with Gasteiger partial charge in [-0.25, -0.2) is 13.4 Å². The maximum atomic E-state index is 13.3. The number of nitrogens with zero attached hydrogens (tertiary/aromatic N) is 3. The van der Waals surface area contributed by atoms with Gasteiger partial charge in [-0.05, 0) is 50.1 Å². The van der Waals surface area contributed by atoms with E-state index in [1.165, 1.54) is 10.4 Å². The van der Waals surface area contributed by atoms with Crippen LogP contribution in [0.2, 0.25) is 0 Å². The fourth-order valence-corrected chi connectivity index (χ4v) is 5.11. The first-order chi connectivity index (χ1) is 14.3. The fourth-order valence-electron chi connectivity index (χ4n) is 3.44. The third-order valence-electron chi connectivity index (χ3n) is 4.89. The zero-order chi connectivity index (χ0) is 21.7. The second-order valence-electron chi connectivity index (χ2n) is 7.28. The molecule has 30 heavy (non-hydrogen) atoms. The van der Waals surface area contributed by atoms with Crippen molar-refractivity contribution in [2.45, 2.75) is 31.1 Å². The van der Waals surface area contributed by atoms with Crippen molar-refractivity contribution in [3.05, 3.63) is 42.1 Å². The summed E-state index contributed by atoms with van der Waals surface area (Å²) in [5, 5.41) is 2.79. The summed E-state index contributed by atoms with van der Waals surface area (Å²) in [7, 11) is -0.113. The number of amides is 1. The third-order valence-corrected chi connectivity index (χ3v) is 6.81. The summed E-state index contributed by atoms with van der Waals surface area (Å²) in [5.41, 5.74) is 0.782. The smallest absolute Gasteiger partial charge is 0.259 e. The Labute approximate surface area is 177 Å². The molecule has 3 rings (SSSR count). The van der Waals surface area contributed by atoms with Crippen molar-refractivity contribution in [3.63, 3.8) is 0 Å². The molecule has 162 valence electrons. The van der Waals surface area contributed by atoms with Gasteiger partial charge in [0.25, 0.3) is 5.91 Å². The average Bonchev–Trinajstić information content (AvgIpc) is 2.75. The second kappa shape index (κ2) is 9.44. The van der Waals surface area contributed by atoms with E-state index in [2.05, 4.69) is 10.3 Å². The lowest BCUT2D eigenvalue weighted by Gasteiger charge is -2.27. The molecule has 1 saturated heterocycles. The number of nitrogens with one attached hydrogen (secondary N) is 1. The van der Waals surface area contributed by atoms with Gasteiger partial charge in [-0.15, -0.1) is 0 Å². The van der Waals surface area contributed by atoms with Crippen LogP contribution in [0.1, 0.15) is 36.5 Å². The molecule has 1 aromatic carbocycles. The Balaban J connectivity index is 1.94. The minimum absolute atomic E-state index is 0.0723. The highest BCUT2D eigenvalue weighted by molar-refractivity contribution is 7.89. The Bertz CT molecular complexity index is 1000. The third kappa shape index (κ3) is 4.73. The zero-order valence-electron chi connectivity index (χ0n) is 17.6. The predicted octanol–water partition coefficient (Wildman–Crippen LogP) is 2.97. The van der Waals surface area contributed by atoms with Gasteiger partial charge in [-0.2, -0.15) is 4.31 Å². The Morgan fingerprint density at radius 3 is 2.60 bits per heavy atom. The normalized spacial score (nSPS) is 14.9. The number of rotatable bonds is 7. The number of anilines is 2. The van der Waals surface area contributed by atoms with Crippen LogP contribution in [-0.2, 0) is 10.0 Å². The Morgan fingerprint density at radius 2 is 1.93 bits per heavy atom. The first-order valence-corrected chi connectivity index (χ1v) is 11.5. The Hall–Kier alpha value is -2.65. The topological polar surface area (TPSA) is 91.8 Å². The van der Waals surface area contributed by atoms with Crippen LogP contribution in [0.4, 0.5) is 11.5 Å². The van der Waals surface area contributed by atoms with E-state index in [9.17, 15) is 13.2 Å². The minimum Gasteiger partial charge on any atom is -0.492 e. The number of pyridine rings is 1. The molecule has 9 heteroatoms. The highest BCUT2D eigenvalue weighted by Gasteiger charge is 2.29. The van der Waals surface area contributed by atoms with Crippen molar-refractivity contribution < 1.29 is 17.9 Å². The van der Waals surface area contributed by atoms with E-state index in [1.807, 2.05) is 0 Å². The van der Waals surface area contributed by atoms with Gasteiger partial charge in [-0.3, -0.25) is 4.79 Å². The molecule has 8 nitrogen and oxygen atoms in total. The number of hydrogen-bond acceptors (Lipinski definition) is 6. The molecule has 1 amide bonds. The molecule has 1 aliphatic rings. The fraction of sp³-hybridized carbons (Fsp3) is 0.429. The molecule has 2 aromatic rings. The number of hydrogen-bond donors (Lipinski definition) is 1. The molecule has 1 N–H and O–H groups in total. The summed E-state index contributed by atoms with van der Waals surface area (Å²) in [6, 6.07) is 8.07. The van der Waals surface area contributed by atoms with Crippen molar-refractivity contribution in [1.29, 1.82) is 0 Å². The second-order valence-corrected chi connectivity index (χ2v) is 9.19. The number of aromatic nitrogens is 1. The molecule has 0 spiro atoms. The van der Waals surface area contributed by atoms with E-state index in [0.717, 1.165) is 19.3 Å². The SMILES string of the molecule is CCOc1ccc(NC(=O)c2cccnc2N(C)C)cc1S(=O)(=O)N1CCCCC1. The summed E-state index contributed by atoms with van der Waals surface area (Å²) in [6.07, 6.45) is 4.33. The van der Waals surface area contributed by atoms with E-state index < -0.39 is 10.0 Å². The number of benzene rings is 1. The van der Waals surface area contributed by atoms with E-state index in [-0.39, 0.29) is 16.6 Å². The monoisotopic (exact) mass is 432 g/mol. The van der Waals surface area contributed by atoms with Crippen LogP contribution >= 0.6 is 0 Å². The lowest BCUT2D eigenvalue weighted by Crippen LogP contribution is -2.35. The number of carbonyl (C=O) groups is 1. The number of sulfonamides is 1. The first-order valence-electron chi connectivity index (χ1n) is 10.0. The molecule has 1 aromatic heterocycles. The summed E-state index contributed by atoms with van der Waals surface area (Å²) < 4.78 is 33.6. The largest absolute Gasteiger partial charge is 0.492 e. The molecule has 0 aliphatic carbocycles. The summed E-state index contributed by atoms with van der Waals surface area (Å²) in [5.74, 6) is 0.454. The Morgan fingerprint density at radius 1 is 1.20 bits per heavy atom. The molecule has 2 heterocycles. The van der Waals surface area contributed by atoms with Crippen molar-refractivity contribution >= 4 is 27.4 Å². The standard InChI is InChI=1S/C21H28N4O4S/c1-4-29-18-11-10-16(15-19(18)30(27,28)25-13-6-5-7-14-25)23-21(26)17-9-8-12-22-20(17)24(2)3/h8-12,15H,4-7,13-14H2,1-3H3,(H,23,26). The van der Waals surface area contributed by atoms with Crippen LogP contribution in [0, 0.1) is 0 Å². The van der Waals surface area contributed by atoms with Crippen molar-refractivity contribution in [2.24, 2.45) is 0 Å². The average molecular weight is 433 g/mol. The van der Waals surface area contributed by atoms with E-state index in [0.29, 0.717) is 36.8 Å². The molecule has 0 saturated carbocycles. The zero-order valence-corrected chi connectivity index (χ0v) is 18.4. The Kier molecular flexibility index (Phi) is 6.94. The van der Waals surface area contributed by atoms with Crippen LogP contribution in [0.3, 0.4) is 0 Å². The van der Waals surface area contributed by atoms with Gasteiger partial charge in [0, 0.05) is 39.1 Å². The van der Waals surface area contributed by atoms with Gasteiger partial charge >= 0.3 is 0 Å². The van der Waals surface area contributed by atoms with Gasteiger partial charge < -0.3 is 15.0 Å². The van der Waals surface area contributed by atoms with Crippen LogP contribution in [0.5, 0.6) is 5.75 Å². The highest BCUT2D eigenvalue weighted by Crippen LogP contribution is 2.31. The van der Waals surface area contributed by atoms with Crippen LogP contribution in [-0.4, -0.2) is 57.4 Å². The number of carbonyl (C=O) groups excluding carboxylic acids is 1. The van der Waals surface area contributed by atoms with Gasteiger partial charge in [0.2, 0.25) is 10.0 Å². The highest BCUT2D eigenvalue weighted by atomic mass is 32.2. The molecule has 1 fully saturated rings. The molecule has 0 atom stereocenters. The lowest BCUT2D eigenvalue weighted by atomic mass is 10.2. The quantitative estimate of drug-likeness (QED) is 0.723. The lowest BCUT2D eigenvalue weighted by molar-refractivity contribution is 0.102. The molecule has 0 radical (unpaired) electrons. The van der Waals surface area contributed by atoms with Gasteiger partial charge in [0.05, 0.1) is 12.2 Å². The van der Waals surface area contributed by atoms with Crippen LogP contribution in [0.15, 0.2) is 41.4 Å². The first kappa shape index (κ1) is 22.0. The summed E-state index contributed by atoms with van der Waals surface area (Å²) >= 11 is 0. The van der Waals surface area contributed by atoms with Crippen molar-refractivity contribution in [1.82, 2.24) is 9.29 Å².